The summed E-state index contributed by atoms with van der Waals surface area (Å²) >= 11 is 6.03. The van der Waals surface area contributed by atoms with E-state index in [0.29, 0.717) is 22.9 Å². The molecule has 0 aliphatic rings. The standard InChI is InChI=1S/C17H16ClNO3/c1-2-22-17(21)13-7-5-8-14(10-13)19-16(20)11-12-6-3-4-9-15(12)18/h3-10H,2,11H2,1H3,(H,19,20). The van der Waals surface area contributed by atoms with Gasteiger partial charge < -0.3 is 10.1 Å². The lowest BCUT2D eigenvalue weighted by molar-refractivity contribution is -0.115. The van der Waals surface area contributed by atoms with Crippen molar-refractivity contribution in [2.24, 2.45) is 0 Å². The van der Waals surface area contributed by atoms with Crippen LogP contribution in [0.2, 0.25) is 5.02 Å². The van der Waals surface area contributed by atoms with E-state index < -0.39 is 5.97 Å². The van der Waals surface area contributed by atoms with Crippen molar-refractivity contribution in [3.05, 3.63) is 64.7 Å². The zero-order valence-corrected chi connectivity index (χ0v) is 12.9. The molecule has 0 aliphatic heterocycles. The summed E-state index contributed by atoms with van der Waals surface area (Å²) < 4.78 is 4.93. The van der Waals surface area contributed by atoms with E-state index in [1.807, 2.05) is 12.1 Å². The Balaban J connectivity index is 2.04. The van der Waals surface area contributed by atoms with Crippen LogP contribution in [-0.4, -0.2) is 18.5 Å². The lowest BCUT2D eigenvalue weighted by atomic mass is 10.1. The molecule has 0 spiro atoms. The molecule has 0 aliphatic carbocycles. The summed E-state index contributed by atoms with van der Waals surface area (Å²) in [6, 6.07) is 13.8. The molecule has 4 nitrogen and oxygen atoms in total. The SMILES string of the molecule is CCOC(=O)c1cccc(NC(=O)Cc2ccccc2Cl)c1. The molecule has 0 bridgehead atoms. The molecule has 0 radical (unpaired) electrons. The first-order chi connectivity index (χ1) is 10.6. The van der Waals surface area contributed by atoms with Crippen LogP contribution in [0, 0.1) is 0 Å². The highest BCUT2D eigenvalue weighted by Gasteiger charge is 2.10. The number of ether oxygens (including phenoxy) is 1. The van der Waals surface area contributed by atoms with Gasteiger partial charge >= 0.3 is 5.97 Å². The van der Waals surface area contributed by atoms with Gasteiger partial charge in [-0.25, -0.2) is 4.79 Å². The highest BCUT2D eigenvalue weighted by molar-refractivity contribution is 6.31. The van der Waals surface area contributed by atoms with Crippen LogP contribution in [0.5, 0.6) is 0 Å². The Hall–Kier alpha value is -2.33. The topological polar surface area (TPSA) is 55.4 Å². The van der Waals surface area contributed by atoms with Gasteiger partial charge in [-0.1, -0.05) is 35.9 Å². The molecule has 22 heavy (non-hydrogen) atoms. The molecule has 114 valence electrons. The molecule has 0 fully saturated rings. The molecule has 5 heteroatoms. The van der Waals surface area contributed by atoms with Crippen molar-refractivity contribution in [1.82, 2.24) is 0 Å². The third-order valence-corrected chi connectivity index (χ3v) is 3.34. The van der Waals surface area contributed by atoms with E-state index in [1.165, 1.54) is 0 Å². The van der Waals surface area contributed by atoms with E-state index in [1.54, 1.807) is 43.3 Å². The highest BCUT2D eigenvalue weighted by Crippen LogP contribution is 2.17. The molecule has 1 N–H and O–H groups in total. The Bertz CT molecular complexity index is 685. The molecule has 0 saturated carbocycles. The molecule has 1 amide bonds. The minimum Gasteiger partial charge on any atom is -0.462 e. The summed E-state index contributed by atoms with van der Waals surface area (Å²) in [5, 5.41) is 3.30. The molecule has 0 unspecified atom stereocenters. The van der Waals surface area contributed by atoms with Gasteiger partial charge in [0.15, 0.2) is 0 Å². The van der Waals surface area contributed by atoms with Gasteiger partial charge in [0, 0.05) is 10.7 Å². The number of halogens is 1. The number of hydrogen-bond donors (Lipinski definition) is 1. The zero-order valence-electron chi connectivity index (χ0n) is 12.1. The molecular weight excluding hydrogens is 302 g/mol. The molecule has 2 aromatic rings. The summed E-state index contributed by atoms with van der Waals surface area (Å²) in [4.78, 5) is 23.7. The lowest BCUT2D eigenvalue weighted by Crippen LogP contribution is -2.15. The predicted molar refractivity (Wildman–Crippen MR) is 86.2 cm³/mol. The molecule has 0 heterocycles. The number of hydrogen-bond acceptors (Lipinski definition) is 3. The van der Waals surface area contributed by atoms with Crippen molar-refractivity contribution in [2.45, 2.75) is 13.3 Å². The fraction of sp³-hybridized carbons (Fsp3) is 0.176. The van der Waals surface area contributed by atoms with Crippen LogP contribution >= 0.6 is 11.6 Å². The number of amides is 1. The maximum Gasteiger partial charge on any atom is 0.338 e. The number of nitrogens with one attached hydrogen (secondary N) is 1. The summed E-state index contributed by atoms with van der Waals surface area (Å²) in [6.45, 7) is 2.05. The maximum absolute atomic E-state index is 12.1. The second-order valence-electron chi connectivity index (χ2n) is 4.62. The van der Waals surface area contributed by atoms with E-state index in [4.69, 9.17) is 16.3 Å². The Morgan fingerprint density at radius 1 is 1.14 bits per heavy atom. The minimum absolute atomic E-state index is 0.170. The fourth-order valence-corrected chi connectivity index (χ4v) is 2.16. The smallest absolute Gasteiger partial charge is 0.338 e. The third kappa shape index (κ3) is 4.33. The van der Waals surface area contributed by atoms with Gasteiger partial charge in [-0.05, 0) is 36.8 Å². The van der Waals surface area contributed by atoms with Gasteiger partial charge in [0.1, 0.15) is 0 Å². The van der Waals surface area contributed by atoms with Crippen LogP contribution in [0.1, 0.15) is 22.8 Å². The summed E-state index contributed by atoms with van der Waals surface area (Å²) in [6.07, 6.45) is 0.170. The van der Waals surface area contributed by atoms with Crippen LogP contribution in [0.25, 0.3) is 0 Å². The average Bonchev–Trinajstić information content (AvgIpc) is 2.50. The van der Waals surface area contributed by atoms with Gasteiger partial charge in [-0.2, -0.15) is 0 Å². The fourth-order valence-electron chi connectivity index (χ4n) is 1.96. The number of benzene rings is 2. The summed E-state index contributed by atoms with van der Waals surface area (Å²) in [5.41, 5.74) is 1.70. The molecule has 2 rings (SSSR count). The van der Waals surface area contributed by atoms with Gasteiger partial charge in [-0.15, -0.1) is 0 Å². The summed E-state index contributed by atoms with van der Waals surface area (Å²) in [7, 11) is 0. The average molecular weight is 318 g/mol. The number of anilines is 1. The lowest BCUT2D eigenvalue weighted by Gasteiger charge is -2.08. The van der Waals surface area contributed by atoms with Crippen molar-refractivity contribution in [1.29, 1.82) is 0 Å². The van der Waals surface area contributed by atoms with E-state index in [-0.39, 0.29) is 12.3 Å². The summed E-state index contributed by atoms with van der Waals surface area (Å²) in [5.74, 6) is -0.612. The van der Waals surface area contributed by atoms with Crippen LogP contribution < -0.4 is 5.32 Å². The molecule has 2 aromatic carbocycles. The van der Waals surface area contributed by atoms with Crippen LogP contribution in [0.4, 0.5) is 5.69 Å². The number of esters is 1. The zero-order chi connectivity index (χ0) is 15.9. The van der Waals surface area contributed by atoms with Crippen LogP contribution in [-0.2, 0) is 16.0 Å². The number of carbonyl (C=O) groups excluding carboxylic acids is 2. The van der Waals surface area contributed by atoms with Gasteiger partial charge in [0.25, 0.3) is 0 Å². The maximum atomic E-state index is 12.1. The third-order valence-electron chi connectivity index (χ3n) is 2.97. The quantitative estimate of drug-likeness (QED) is 0.855. The van der Waals surface area contributed by atoms with Gasteiger partial charge in [0.2, 0.25) is 5.91 Å². The Morgan fingerprint density at radius 2 is 1.91 bits per heavy atom. The second-order valence-corrected chi connectivity index (χ2v) is 5.02. The Morgan fingerprint density at radius 3 is 2.64 bits per heavy atom. The van der Waals surface area contributed by atoms with Crippen molar-refractivity contribution in [3.8, 4) is 0 Å². The number of carbonyl (C=O) groups is 2. The van der Waals surface area contributed by atoms with Crippen molar-refractivity contribution in [3.63, 3.8) is 0 Å². The highest BCUT2D eigenvalue weighted by atomic mass is 35.5. The van der Waals surface area contributed by atoms with E-state index >= 15 is 0 Å². The normalized spacial score (nSPS) is 10.1. The number of rotatable bonds is 5. The van der Waals surface area contributed by atoms with Crippen LogP contribution in [0.3, 0.4) is 0 Å². The Kier molecular flexibility index (Phi) is 5.55. The molecular formula is C17H16ClNO3. The first kappa shape index (κ1) is 16.0. The van der Waals surface area contributed by atoms with E-state index in [2.05, 4.69) is 5.32 Å². The van der Waals surface area contributed by atoms with Crippen molar-refractivity contribution < 1.29 is 14.3 Å². The van der Waals surface area contributed by atoms with Gasteiger partial charge in [0.05, 0.1) is 18.6 Å². The monoisotopic (exact) mass is 317 g/mol. The Labute approximate surface area is 134 Å². The van der Waals surface area contributed by atoms with E-state index in [9.17, 15) is 9.59 Å². The van der Waals surface area contributed by atoms with Crippen molar-refractivity contribution >= 4 is 29.2 Å². The van der Waals surface area contributed by atoms with E-state index in [0.717, 1.165) is 5.56 Å². The van der Waals surface area contributed by atoms with Gasteiger partial charge in [-0.3, -0.25) is 4.79 Å². The first-order valence-corrected chi connectivity index (χ1v) is 7.28. The molecule has 0 aromatic heterocycles. The molecule has 0 atom stereocenters. The minimum atomic E-state index is -0.412. The van der Waals surface area contributed by atoms with Crippen molar-refractivity contribution in [2.75, 3.05) is 11.9 Å². The van der Waals surface area contributed by atoms with Crippen LogP contribution in [0.15, 0.2) is 48.5 Å². The molecule has 0 saturated heterocycles. The predicted octanol–water partition coefficient (Wildman–Crippen LogP) is 3.70. The second kappa shape index (κ2) is 7.61. The first-order valence-electron chi connectivity index (χ1n) is 6.90. The largest absolute Gasteiger partial charge is 0.462 e.